The molecule has 190 valence electrons. The SMILES string of the molecule is CCOc1cc(C=Nn2c(CC)nc3ccc(Br)cc3c2=O)cc(I)c1OCc1ccc(C(=O)O)cc1. The zero-order valence-electron chi connectivity index (χ0n) is 20.1. The number of carbonyl (C=O) groups is 1. The van der Waals surface area contributed by atoms with Gasteiger partial charge in [-0.25, -0.2) is 9.78 Å². The van der Waals surface area contributed by atoms with E-state index in [9.17, 15) is 9.59 Å². The molecular formula is C27H23BrIN3O5. The van der Waals surface area contributed by atoms with Gasteiger partial charge in [0.15, 0.2) is 11.5 Å². The number of carboxylic acid groups (broad SMARTS) is 1. The number of nitrogens with zero attached hydrogens (tertiary/aromatic N) is 3. The standard InChI is InChI=1S/C27H23BrIN3O5/c1-3-24-31-22-10-9-19(28)13-20(22)26(33)32(24)30-14-17-11-21(29)25(23(12-17)36-4-2)37-15-16-5-7-18(8-6-16)27(34)35/h5-14H,3-4,15H2,1-2H3,(H,34,35). The van der Waals surface area contributed by atoms with E-state index in [2.05, 4.69) is 48.6 Å². The number of hydrogen-bond donors (Lipinski definition) is 1. The first-order valence-corrected chi connectivity index (χ1v) is 13.3. The van der Waals surface area contributed by atoms with E-state index in [-0.39, 0.29) is 17.7 Å². The van der Waals surface area contributed by atoms with Crippen LogP contribution < -0.4 is 15.0 Å². The van der Waals surface area contributed by atoms with Gasteiger partial charge in [0.05, 0.1) is 32.9 Å². The molecule has 0 spiro atoms. The van der Waals surface area contributed by atoms with Crippen LogP contribution in [0.4, 0.5) is 0 Å². The normalized spacial score (nSPS) is 11.2. The Morgan fingerprint density at radius 2 is 1.89 bits per heavy atom. The van der Waals surface area contributed by atoms with E-state index < -0.39 is 5.97 Å². The van der Waals surface area contributed by atoms with E-state index in [0.29, 0.717) is 41.3 Å². The van der Waals surface area contributed by atoms with Crippen molar-refractivity contribution in [3.05, 3.63) is 95.5 Å². The first kappa shape index (κ1) is 26.8. The molecule has 0 aliphatic carbocycles. The fourth-order valence-corrected chi connectivity index (χ4v) is 4.77. The molecule has 0 saturated heterocycles. The van der Waals surface area contributed by atoms with Crippen LogP contribution in [-0.2, 0) is 13.0 Å². The van der Waals surface area contributed by atoms with E-state index in [1.54, 1.807) is 42.6 Å². The molecule has 0 amide bonds. The number of halogens is 2. The minimum absolute atomic E-state index is 0.219. The van der Waals surface area contributed by atoms with Crippen molar-refractivity contribution in [2.75, 3.05) is 6.61 Å². The molecule has 0 atom stereocenters. The molecule has 3 aromatic carbocycles. The van der Waals surface area contributed by atoms with E-state index >= 15 is 0 Å². The minimum Gasteiger partial charge on any atom is -0.490 e. The lowest BCUT2D eigenvalue weighted by molar-refractivity contribution is 0.0697. The largest absolute Gasteiger partial charge is 0.490 e. The van der Waals surface area contributed by atoms with Crippen molar-refractivity contribution in [2.45, 2.75) is 26.9 Å². The number of fused-ring (bicyclic) bond motifs is 1. The summed E-state index contributed by atoms with van der Waals surface area (Å²) in [7, 11) is 0. The summed E-state index contributed by atoms with van der Waals surface area (Å²) < 4.78 is 14.8. The second-order valence-electron chi connectivity index (χ2n) is 7.96. The van der Waals surface area contributed by atoms with Crippen LogP contribution in [0.15, 0.2) is 69.0 Å². The van der Waals surface area contributed by atoms with E-state index in [1.165, 1.54) is 4.68 Å². The van der Waals surface area contributed by atoms with Gasteiger partial charge in [0, 0.05) is 10.9 Å². The average molecular weight is 676 g/mol. The Kier molecular flexibility index (Phi) is 8.59. The molecule has 1 heterocycles. The Bertz CT molecular complexity index is 1550. The van der Waals surface area contributed by atoms with Crippen LogP contribution >= 0.6 is 38.5 Å². The van der Waals surface area contributed by atoms with Gasteiger partial charge in [0.2, 0.25) is 0 Å². The highest BCUT2D eigenvalue weighted by molar-refractivity contribution is 14.1. The smallest absolute Gasteiger partial charge is 0.335 e. The molecule has 0 saturated carbocycles. The maximum absolute atomic E-state index is 13.2. The highest BCUT2D eigenvalue weighted by Crippen LogP contribution is 2.34. The first-order chi connectivity index (χ1) is 17.8. The summed E-state index contributed by atoms with van der Waals surface area (Å²) in [6.45, 7) is 4.49. The number of aryl methyl sites for hydroxylation is 1. The van der Waals surface area contributed by atoms with Crippen molar-refractivity contribution in [2.24, 2.45) is 5.10 Å². The minimum atomic E-state index is -0.974. The highest BCUT2D eigenvalue weighted by atomic mass is 127. The maximum atomic E-state index is 13.2. The van der Waals surface area contributed by atoms with E-state index in [4.69, 9.17) is 14.6 Å². The number of rotatable bonds is 9. The molecule has 10 heteroatoms. The van der Waals surface area contributed by atoms with Crippen LogP contribution in [0.25, 0.3) is 10.9 Å². The fourth-order valence-electron chi connectivity index (χ4n) is 3.63. The average Bonchev–Trinajstić information content (AvgIpc) is 2.88. The van der Waals surface area contributed by atoms with Crippen LogP contribution in [0.3, 0.4) is 0 Å². The molecule has 0 fully saturated rings. The van der Waals surface area contributed by atoms with Crippen molar-refractivity contribution in [1.29, 1.82) is 0 Å². The molecule has 0 radical (unpaired) electrons. The highest BCUT2D eigenvalue weighted by Gasteiger charge is 2.14. The Hall–Kier alpha value is -3.25. The van der Waals surface area contributed by atoms with Crippen molar-refractivity contribution in [3.8, 4) is 11.5 Å². The number of aromatic carboxylic acids is 1. The summed E-state index contributed by atoms with van der Waals surface area (Å²) in [5.74, 6) is 0.704. The third-order valence-electron chi connectivity index (χ3n) is 5.43. The lowest BCUT2D eigenvalue weighted by Gasteiger charge is -2.15. The maximum Gasteiger partial charge on any atom is 0.335 e. The molecule has 4 aromatic rings. The van der Waals surface area contributed by atoms with Gasteiger partial charge in [-0.1, -0.05) is 35.0 Å². The fraction of sp³-hybridized carbons (Fsp3) is 0.185. The molecule has 1 aromatic heterocycles. The molecular weight excluding hydrogens is 653 g/mol. The summed E-state index contributed by atoms with van der Waals surface area (Å²) in [5.41, 5.74) is 2.17. The molecule has 37 heavy (non-hydrogen) atoms. The number of ether oxygens (including phenoxy) is 2. The Balaban J connectivity index is 1.64. The monoisotopic (exact) mass is 675 g/mol. The van der Waals surface area contributed by atoms with Crippen LogP contribution in [-0.4, -0.2) is 33.6 Å². The molecule has 0 aliphatic rings. The van der Waals surface area contributed by atoms with Crippen molar-refractivity contribution in [1.82, 2.24) is 9.66 Å². The Morgan fingerprint density at radius 3 is 2.57 bits per heavy atom. The van der Waals surface area contributed by atoms with Gasteiger partial charge >= 0.3 is 5.97 Å². The van der Waals surface area contributed by atoms with Gasteiger partial charge in [0.1, 0.15) is 12.4 Å². The predicted molar refractivity (Wildman–Crippen MR) is 154 cm³/mol. The summed E-state index contributed by atoms with van der Waals surface area (Å²) >= 11 is 5.58. The van der Waals surface area contributed by atoms with Gasteiger partial charge < -0.3 is 14.6 Å². The molecule has 0 aliphatic heterocycles. The van der Waals surface area contributed by atoms with Crippen LogP contribution in [0.2, 0.25) is 0 Å². The number of carboxylic acids is 1. The molecule has 4 rings (SSSR count). The molecule has 0 unspecified atom stereocenters. The summed E-state index contributed by atoms with van der Waals surface area (Å²) in [5, 5.41) is 14.0. The third kappa shape index (κ3) is 6.19. The predicted octanol–water partition coefficient (Wildman–Crippen LogP) is 5.88. The quantitative estimate of drug-likeness (QED) is 0.176. The Morgan fingerprint density at radius 1 is 1.14 bits per heavy atom. The molecule has 8 nitrogen and oxygen atoms in total. The van der Waals surface area contributed by atoms with Crippen molar-refractivity contribution < 1.29 is 19.4 Å². The van der Waals surface area contributed by atoms with E-state index in [0.717, 1.165) is 19.2 Å². The van der Waals surface area contributed by atoms with E-state index in [1.807, 2.05) is 32.0 Å². The number of benzene rings is 3. The van der Waals surface area contributed by atoms with Crippen LogP contribution in [0.1, 0.15) is 41.2 Å². The zero-order valence-corrected chi connectivity index (χ0v) is 23.8. The summed E-state index contributed by atoms with van der Waals surface area (Å²) in [6.07, 6.45) is 2.14. The second kappa shape index (κ2) is 11.9. The van der Waals surface area contributed by atoms with Crippen LogP contribution in [0, 0.1) is 3.57 Å². The van der Waals surface area contributed by atoms with Gasteiger partial charge in [-0.05, 0) is 83.1 Å². The lowest BCUT2D eigenvalue weighted by atomic mass is 10.1. The van der Waals surface area contributed by atoms with Gasteiger partial charge in [-0.2, -0.15) is 9.78 Å². The van der Waals surface area contributed by atoms with Crippen molar-refractivity contribution >= 4 is 61.6 Å². The van der Waals surface area contributed by atoms with Gasteiger partial charge in [0.25, 0.3) is 5.56 Å². The van der Waals surface area contributed by atoms with Crippen molar-refractivity contribution in [3.63, 3.8) is 0 Å². The third-order valence-corrected chi connectivity index (χ3v) is 6.72. The van der Waals surface area contributed by atoms with Gasteiger partial charge in [-0.15, -0.1) is 0 Å². The number of aromatic nitrogens is 2. The molecule has 1 N–H and O–H groups in total. The summed E-state index contributed by atoms with van der Waals surface area (Å²) in [4.78, 5) is 28.8. The second-order valence-corrected chi connectivity index (χ2v) is 10.0. The van der Waals surface area contributed by atoms with Crippen LogP contribution in [0.5, 0.6) is 11.5 Å². The molecule has 0 bridgehead atoms. The van der Waals surface area contributed by atoms with Gasteiger partial charge in [-0.3, -0.25) is 4.79 Å². The lowest BCUT2D eigenvalue weighted by Crippen LogP contribution is -2.22. The zero-order chi connectivity index (χ0) is 26.5. The number of hydrogen-bond acceptors (Lipinski definition) is 6. The summed E-state index contributed by atoms with van der Waals surface area (Å²) in [6, 6.07) is 15.6. The first-order valence-electron chi connectivity index (χ1n) is 11.5. The Labute approximate surface area is 235 Å². The topological polar surface area (TPSA) is 103 Å².